The predicted molar refractivity (Wildman–Crippen MR) is 83.2 cm³/mol. The fraction of sp³-hybridized carbons (Fsp3) is 0. The van der Waals surface area contributed by atoms with Crippen LogP contribution < -0.4 is 4.72 Å². The Hall–Kier alpha value is 1.35. The van der Waals surface area contributed by atoms with Crippen molar-refractivity contribution in [2.24, 2.45) is 0 Å². The molecule has 0 bridgehead atoms. The number of sulfonamides is 1. The average molecular weight is 620 g/mol. The number of benzene rings is 1. The van der Waals surface area contributed by atoms with E-state index < -0.39 is 15.9 Å². The van der Waals surface area contributed by atoms with E-state index in [0.29, 0.717) is 0 Å². The average Bonchev–Trinajstić information content (AvgIpc) is 2.38. The van der Waals surface area contributed by atoms with E-state index in [9.17, 15) is 13.2 Å². The number of hydrogen-bond donors (Lipinski definition) is 1. The molecule has 1 aliphatic rings. The number of hydrogen-bond acceptors (Lipinski definition) is 3. The molecule has 1 aromatic rings. The monoisotopic (exact) mass is 620 g/mol. The maximum absolute atomic E-state index is 11.1. The van der Waals surface area contributed by atoms with Gasteiger partial charge in [0.15, 0.2) is 0 Å². The van der Waals surface area contributed by atoms with Crippen LogP contribution in [-0.2, 0) is 14.2 Å². The van der Waals surface area contributed by atoms with Crippen molar-refractivity contribution in [3.63, 3.8) is 0 Å². The molecule has 0 saturated heterocycles. The Balaban J connectivity index is 0.000000280. The normalized spacial score (nSPS) is 16.7. The number of nitrogens with one attached hydrogen (secondary N) is 1. The molecule has 1 aliphatic heterocycles. The first kappa shape index (κ1) is 15.4. The quantitative estimate of drug-likeness (QED) is 0.359. The molecule has 0 aliphatic carbocycles. The van der Waals surface area contributed by atoms with Gasteiger partial charge in [-0.25, -0.2) is 13.1 Å². The molecule has 1 aromatic carbocycles. The van der Waals surface area contributed by atoms with Gasteiger partial charge in [0.2, 0.25) is 0 Å². The van der Waals surface area contributed by atoms with E-state index >= 15 is 0 Å². The van der Waals surface area contributed by atoms with Crippen LogP contribution in [0.5, 0.6) is 0 Å². The van der Waals surface area contributed by atoms with Crippen molar-refractivity contribution in [1.82, 2.24) is 4.72 Å². The van der Waals surface area contributed by atoms with E-state index in [1.54, 1.807) is 12.1 Å². The number of rotatable bonds is 0. The van der Waals surface area contributed by atoms with Crippen LogP contribution in [0.15, 0.2) is 29.2 Å². The van der Waals surface area contributed by atoms with Gasteiger partial charge in [-0.3, -0.25) is 4.79 Å². The zero-order chi connectivity index (χ0) is 12.3. The summed E-state index contributed by atoms with van der Waals surface area (Å²) in [4.78, 5) is 11.1. The Kier molecular flexibility index (Phi) is 6.26. The molecule has 9 heteroatoms. The second-order valence-corrected chi connectivity index (χ2v) is 32.2. The number of fused-ring (bicyclic) bond motifs is 1. The molecule has 1 N–H and O–H groups in total. The molecule has 1 heterocycles. The molecule has 0 aromatic heterocycles. The topological polar surface area (TPSA) is 63.2 Å². The van der Waals surface area contributed by atoms with Crippen molar-refractivity contribution in [3.8, 4) is 0 Å². The summed E-state index contributed by atoms with van der Waals surface area (Å²) in [7, 11) is -3.55. The van der Waals surface area contributed by atoms with E-state index in [1.807, 2.05) is 4.72 Å². The molecule has 0 fully saturated rings. The van der Waals surface area contributed by atoms with E-state index in [1.165, 1.54) is 12.1 Å². The summed E-state index contributed by atoms with van der Waals surface area (Å²) >= 11 is 7.20. The summed E-state index contributed by atoms with van der Waals surface area (Å²) in [5.74, 6) is -0.550. The standard InChI is InChI=1S/C7H5NO3S.Fe.3HI/c9-7-5-3-1-2-4-6(5)12(10,11)8-7;;;;/h1-4H,(H,8,9);;3*1H/q;+3;;;/p-3. The second kappa shape index (κ2) is 6.50. The molecule has 0 spiro atoms. The molecule has 2 rings (SSSR count). The minimum atomic E-state index is -3.55. The first-order valence-electron chi connectivity index (χ1n) is 3.67. The molecule has 0 atom stereocenters. The molecule has 0 unspecified atom stereocenters. The Labute approximate surface area is 131 Å². The van der Waals surface area contributed by atoms with Crippen molar-refractivity contribution in [2.45, 2.75) is 4.90 Å². The first-order valence-corrected chi connectivity index (χ1v) is 15.8. The Morgan fingerprint density at radius 3 is 2.12 bits per heavy atom. The van der Waals surface area contributed by atoms with Crippen LogP contribution >= 0.6 is 61.0 Å². The third-order valence-electron chi connectivity index (χ3n) is 1.65. The third-order valence-corrected chi connectivity index (χ3v) is 3.04. The molecule has 4 nitrogen and oxygen atoms in total. The first-order chi connectivity index (χ1) is 7.34. The number of carbonyl (C=O) groups excluding carboxylic acids is 1. The summed E-state index contributed by atoms with van der Waals surface area (Å²) in [6, 6.07) is 6.09. The van der Waals surface area contributed by atoms with Gasteiger partial charge in [-0.05, 0) is 12.1 Å². The van der Waals surface area contributed by atoms with Gasteiger partial charge in [0.05, 0.1) is 5.56 Å². The van der Waals surface area contributed by atoms with Crippen LogP contribution in [0.2, 0.25) is 0 Å². The SMILES string of the molecule is O=C1NS(=O)(=O)c2ccccc21.[I][Fe]([I])[I]. The fourth-order valence-electron chi connectivity index (χ4n) is 1.12. The summed E-state index contributed by atoms with van der Waals surface area (Å²) in [5.41, 5.74) is 0.220. The molecule has 16 heavy (non-hydrogen) atoms. The molecular formula is C7H5FeI3NO3S. The molecule has 1 amide bonds. The summed E-state index contributed by atoms with van der Waals surface area (Å²) < 4.78 is 24.3. The van der Waals surface area contributed by atoms with E-state index in [-0.39, 0.29) is 14.6 Å². The zero-order valence-electron chi connectivity index (χ0n) is 7.43. The van der Waals surface area contributed by atoms with Gasteiger partial charge >= 0.3 is 65.2 Å². The van der Waals surface area contributed by atoms with Crippen molar-refractivity contribution < 1.29 is 17.4 Å². The van der Waals surface area contributed by atoms with Crippen molar-refractivity contribution in [1.29, 1.82) is 0 Å². The maximum atomic E-state index is 11.1. The Morgan fingerprint density at radius 1 is 1.12 bits per heavy atom. The van der Waals surface area contributed by atoms with Gasteiger partial charge in [-0.15, -0.1) is 0 Å². The van der Waals surface area contributed by atoms with Gasteiger partial charge in [0.1, 0.15) is 4.90 Å². The van der Waals surface area contributed by atoms with E-state index in [2.05, 4.69) is 61.0 Å². The van der Waals surface area contributed by atoms with Crippen LogP contribution in [0, 0.1) is 0 Å². The Morgan fingerprint density at radius 2 is 1.62 bits per heavy atom. The summed E-state index contributed by atoms with van der Waals surface area (Å²) in [6.07, 6.45) is 0. The van der Waals surface area contributed by atoms with E-state index in [0.717, 1.165) is 0 Å². The van der Waals surface area contributed by atoms with Gasteiger partial charge in [-0.2, -0.15) is 0 Å². The fourth-order valence-corrected chi connectivity index (χ4v) is 2.29. The predicted octanol–water partition coefficient (Wildman–Crippen LogP) is 2.77. The van der Waals surface area contributed by atoms with Crippen LogP contribution in [0.4, 0.5) is 0 Å². The van der Waals surface area contributed by atoms with Crippen molar-refractivity contribution in [3.05, 3.63) is 29.8 Å². The van der Waals surface area contributed by atoms with Crippen LogP contribution in [0.3, 0.4) is 0 Å². The van der Waals surface area contributed by atoms with Crippen LogP contribution in [-0.4, -0.2) is 14.3 Å². The minimum absolute atomic E-state index is 0.0648. The van der Waals surface area contributed by atoms with Gasteiger partial charge < -0.3 is 0 Å². The third kappa shape index (κ3) is 4.23. The molecule has 91 valence electrons. The van der Waals surface area contributed by atoms with Crippen LogP contribution in [0.1, 0.15) is 10.4 Å². The zero-order valence-corrected chi connectivity index (χ0v) is 15.8. The molecular weight excluding hydrogens is 615 g/mol. The molecule has 0 radical (unpaired) electrons. The molecule has 0 saturated carbocycles. The van der Waals surface area contributed by atoms with Gasteiger partial charge in [0.25, 0.3) is 15.9 Å². The number of halogens is 3. The summed E-state index contributed by atoms with van der Waals surface area (Å²) in [5, 5.41) is 0. The number of carbonyl (C=O) groups is 1. The summed E-state index contributed by atoms with van der Waals surface area (Å²) in [6.45, 7) is 0. The van der Waals surface area contributed by atoms with Crippen molar-refractivity contribution >= 4 is 77.0 Å². The van der Waals surface area contributed by atoms with E-state index in [4.69, 9.17) is 0 Å². The van der Waals surface area contributed by atoms with Crippen LogP contribution in [0.25, 0.3) is 0 Å². The number of amides is 1. The second-order valence-electron chi connectivity index (χ2n) is 2.58. The van der Waals surface area contributed by atoms with Crippen molar-refractivity contribution in [2.75, 3.05) is 0 Å². The van der Waals surface area contributed by atoms with Gasteiger partial charge in [0, 0.05) is 0 Å². The Bertz CT molecular complexity index is 503. The van der Waals surface area contributed by atoms with Gasteiger partial charge in [-0.1, -0.05) is 12.1 Å².